The number of aromatic nitrogens is 3. The molecule has 0 fully saturated rings. The quantitative estimate of drug-likeness (QED) is 0.377. The topological polar surface area (TPSA) is 97.3 Å². The third-order valence-corrected chi connectivity index (χ3v) is 4.27. The summed E-state index contributed by atoms with van der Waals surface area (Å²) in [6.07, 6.45) is -3.28. The van der Waals surface area contributed by atoms with Crippen molar-refractivity contribution < 1.29 is 32.5 Å². The second kappa shape index (κ2) is 10.7. The Hall–Kier alpha value is -4.08. The molecule has 7 nitrogen and oxygen atoms in total. The molecule has 0 aliphatic rings. The first-order chi connectivity index (χ1) is 16.1. The van der Waals surface area contributed by atoms with Gasteiger partial charge in [-0.2, -0.15) is 13.2 Å². The number of alkyl halides is 3. The molecule has 4 aromatic rings. The van der Waals surface area contributed by atoms with Gasteiger partial charge in [0.25, 0.3) is 0 Å². The van der Waals surface area contributed by atoms with Crippen molar-refractivity contribution in [1.29, 1.82) is 0 Å². The van der Waals surface area contributed by atoms with Gasteiger partial charge in [-0.25, -0.2) is 14.8 Å². The van der Waals surface area contributed by atoms with E-state index in [9.17, 15) is 13.2 Å². The lowest BCUT2D eigenvalue weighted by Gasteiger charge is -2.14. The summed E-state index contributed by atoms with van der Waals surface area (Å²) in [4.78, 5) is 21.1. The van der Waals surface area contributed by atoms with Gasteiger partial charge in [-0.3, -0.25) is 0 Å². The lowest BCUT2D eigenvalue weighted by atomic mass is 10.2. The maximum Gasteiger partial charge on any atom is 0.490 e. The van der Waals surface area contributed by atoms with Crippen molar-refractivity contribution in [2.24, 2.45) is 0 Å². The van der Waals surface area contributed by atoms with Crippen molar-refractivity contribution in [1.82, 2.24) is 15.0 Å². The SMILES string of the molecule is CC(C)Oc1cc(OCc2ccccc2)cc(-c2nc3ncccc3[nH]2)c1.O=C(O)C(F)(F)F. The van der Waals surface area contributed by atoms with Gasteiger partial charge in [0.05, 0.1) is 11.6 Å². The number of hydrogen-bond acceptors (Lipinski definition) is 5. The number of ether oxygens (including phenoxy) is 2. The first kappa shape index (κ1) is 24.6. The number of nitrogens with one attached hydrogen (secondary N) is 1. The first-order valence-electron chi connectivity index (χ1n) is 10.2. The van der Waals surface area contributed by atoms with Gasteiger partial charge < -0.3 is 19.6 Å². The Kier molecular flexibility index (Phi) is 7.72. The molecule has 0 saturated carbocycles. The van der Waals surface area contributed by atoms with Crippen LogP contribution in [0.4, 0.5) is 13.2 Å². The number of benzene rings is 2. The van der Waals surface area contributed by atoms with E-state index in [2.05, 4.69) is 15.0 Å². The summed E-state index contributed by atoms with van der Waals surface area (Å²) >= 11 is 0. The molecule has 10 heteroatoms. The highest BCUT2D eigenvalue weighted by Gasteiger charge is 2.38. The number of carboxylic acid groups (broad SMARTS) is 1. The second-order valence-electron chi connectivity index (χ2n) is 7.40. The maximum absolute atomic E-state index is 10.6. The molecule has 0 aliphatic carbocycles. The van der Waals surface area contributed by atoms with E-state index in [4.69, 9.17) is 19.4 Å². The van der Waals surface area contributed by atoms with Crippen molar-refractivity contribution >= 4 is 17.1 Å². The van der Waals surface area contributed by atoms with Crippen LogP contribution in [0.15, 0.2) is 66.9 Å². The molecule has 0 aliphatic heterocycles. The van der Waals surface area contributed by atoms with Crippen LogP contribution >= 0.6 is 0 Å². The van der Waals surface area contributed by atoms with Crippen LogP contribution in [0.25, 0.3) is 22.6 Å². The van der Waals surface area contributed by atoms with Crippen LogP contribution in [-0.2, 0) is 11.4 Å². The highest BCUT2D eigenvalue weighted by molar-refractivity contribution is 5.76. The molecule has 0 saturated heterocycles. The second-order valence-corrected chi connectivity index (χ2v) is 7.40. The van der Waals surface area contributed by atoms with Gasteiger partial charge in [0.2, 0.25) is 0 Å². The van der Waals surface area contributed by atoms with Crippen LogP contribution in [0.2, 0.25) is 0 Å². The minimum absolute atomic E-state index is 0.0690. The minimum Gasteiger partial charge on any atom is -0.491 e. The smallest absolute Gasteiger partial charge is 0.490 e. The Morgan fingerprint density at radius 1 is 1.06 bits per heavy atom. The number of aliphatic carboxylic acids is 1. The number of rotatable bonds is 6. The monoisotopic (exact) mass is 473 g/mol. The summed E-state index contributed by atoms with van der Waals surface area (Å²) in [5.74, 6) is -0.533. The molecule has 34 heavy (non-hydrogen) atoms. The molecule has 0 bridgehead atoms. The standard InChI is InChI=1S/C22H21N3O2.C2HF3O2/c1-15(2)27-19-12-17(21-24-20-9-6-10-23-22(20)25-21)11-18(13-19)26-14-16-7-4-3-5-8-16;3-2(4,5)1(6)7/h3-13,15H,14H2,1-2H3,(H,23,24,25);(H,6,7). The third-order valence-electron chi connectivity index (χ3n) is 4.27. The number of halogens is 3. The molecule has 0 atom stereocenters. The highest BCUT2D eigenvalue weighted by Crippen LogP contribution is 2.30. The maximum atomic E-state index is 10.6. The van der Waals surface area contributed by atoms with Crippen molar-refractivity contribution in [2.75, 3.05) is 0 Å². The van der Waals surface area contributed by atoms with Gasteiger partial charge in [-0.15, -0.1) is 0 Å². The van der Waals surface area contributed by atoms with E-state index in [1.165, 1.54) is 0 Å². The van der Waals surface area contributed by atoms with Crippen molar-refractivity contribution in [3.8, 4) is 22.9 Å². The summed E-state index contributed by atoms with van der Waals surface area (Å²) in [6.45, 7) is 4.50. The Labute approximate surface area is 193 Å². The van der Waals surface area contributed by atoms with Gasteiger partial charge in [-0.05, 0) is 43.7 Å². The highest BCUT2D eigenvalue weighted by atomic mass is 19.4. The van der Waals surface area contributed by atoms with Gasteiger partial charge in [0, 0.05) is 17.8 Å². The molecule has 2 N–H and O–H groups in total. The normalized spacial score (nSPS) is 11.1. The predicted molar refractivity (Wildman–Crippen MR) is 120 cm³/mol. The molecular formula is C24H22F3N3O4. The molecule has 0 amide bonds. The van der Waals surface area contributed by atoms with E-state index in [1.54, 1.807) is 6.20 Å². The number of pyridine rings is 1. The summed E-state index contributed by atoms with van der Waals surface area (Å²) in [6, 6.07) is 19.8. The van der Waals surface area contributed by atoms with Crippen LogP contribution in [0.1, 0.15) is 19.4 Å². The number of carboxylic acids is 1. The average molecular weight is 473 g/mol. The summed E-state index contributed by atoms with van der Waals surface area (Å²) in [5, 5.41) is 7.12. The van der Waals surface area contributed by atoms with Crippen LogP contribution in [0.5, 0.6) is 11.5 Å². The molecule has 2 aromatic carbocycles. The van der Waals surface area contributed by atoms with Crippen molar-refractivity contribution in [3.05, 3.63) is 72.4 Å². The number of imidazole rings is 1. The Balaban J connectivity index is 0.000000406. The fourth-order valence-corrected chi connectivity index (χ4v) is 2.85. The lowest BCUT2D eigenvalue weighted by molar-refractivity contribution is -0.192. The van der Waals surface area contributed by atoms with E-state index in [-0.39, 0.29) is 6.10 Å². The number of nitrogens with zero attached hydrogens (tertiary/aromatic N) is 2. The van der Waals surface area contributed by atoms with Gasteiger partial charge in [-0.1, -0.05) is 30.3 Å². The third kappa shape index (κ3) is 6.96. The molecule has 2 aromatic heterocycles. The van der Waals surface area contributed by atoms with E-state index in [1.807, 2.05) is 74.5 Å². The minimum atomic E-state index is -5.08. The Morgan fingerprint density at radius 3 is 2.35 bits per heavy atom. The van der Waals surface area contributed by atoms with Crippen LogP contribution < -0.4 is 9.47 Å². The fourth-order valence-electron chi connectivity index (χ4n) is 2.85. The number of aromatic amines is 1. The lowest BCUT2D eigenvalue weighted by Crippen LogP contribution is -2.21. The fraction of sp³-hybridized carbons (Fsp3) is 0.208. The van der Waals surface area contributed by atoms with Gasteiger partial charge >= 0.3 is 12.1 Å². The van der Waals surface area contributed by atoms with Crippen LogP contribution in [0, 0.1) is 0 Å². The molecule has 4 rings (SSSR count). The number of fused-ring (bicyclic) bond motifs is 1. The number of H-pyrrole nitrogens is 1. The van der Waals surface area contributed by atoms with Gasteiger partial charge in [0.1, 0.15) is 23.9 Å². The predicted octanol–water partition coefficient (Wildman–Crippen LogP) is 5.62. The molecule has 0 radical (unpaired) electrons. The summed E-state index contributed by atoms with van der Waals surface area (Å²) in [7, 11) is 0. The Bertz CT molecular complexity index is 1210. The van der Waals surface area contributed by atoms with Crippen molar-refractivity contribution in [3.63, 3.8) is 0 Å². The van der Waals surface area contributed by atoms with E-state index in [0.717, 1.165) is 34.0 Å². The average Bonchev–Trinajstić information content (AvgIpc) is 3.22. The Morgan fingerprint density at radius 2 is 1.74 bits per heavy atom. The van der Waals surface area contributed by atoms with E-state index < -0.39 is 12.1 Å². The first-order valence-corrected chi connectivity index (χ1v) is 10.2. The molecule has 0 spiro atoms. The zero-order valence-electron chi connectivity index (χ0n) is 18.3. The van der Waals surface area contributed by atoms with Gasteiger partial charge in [0.15, 0.2) is 5.65 Å². The zero-order chi connectivity index (χ0) is 24.7. The summed E-state index contributed by atoms with van der Waals surface area (Å²) < 4.78 is 43.7. The molecular weight excluding hydrogens is 451 g/mol. The molecule has 178 valence electrons. The van der Waals surface area contributed by atoms with E-state index in [0.29, 0.717) is 12.3 Å². The molecule has 0 unspecified atom stereocenters. The largest absolute Gasteiger partial charge is 0.491 e. The van der Waals surface area contributed by atoms with Crippen LogP contribution in [-0.4, -0.2) is 38.3 Å². The van der Waals surface area contributed by atoms with Crippen molar-refractivity contribution in [2.45, 2.75) is 32.7 Å². The van der Waals surface area contributed by atoms with E-state index >= 15 is 0 Å². The van der Waals surface area contributed by atoms with Crippen LogP contribution in [0.3, 0.4) is 0 Å². The zero-order valence-corrected chi connectivity index (χ0v) is 18.3. The molecule has 2 heterocycles. The summed E-state index contributed by atoms with van der Waals surface area (Å²) in [5.41, 5.74) is 3.60. The number of hydrogen-bond donors (Lipinski definition) is 2. The number of carbonyl (C=O) groups is 1.